The number of rotatable bonds is 4. The monoisotopic (exact) mass is 225 g/mol. The normalized spacial score (nSPS) is 20.6. The number of hydrogen-bond acceptors (Lipinski definition) is 4. The zero-order chi connectivity index (χ0) is 11.2. The molecule has 1 amide bonds. The Labute approximate surface area is 93.3 Å². The van der Waals surface area contributed by atoms with E-state index in [0.717, 1.165) is 5.82 Å². The van der Waals surface area contributed by atoms with Crippen LogP contribution in [0.5, 0.6) is 0 Å². The first-order valence-electron chi connectivity index (χ1n) is 5.31. The zero-order valence-corrected chi connectivity index (χ0v) is 8.94. The Morgan fingerprint density at radius 2 is 2.56 bits per heavy atom. The van der Waals surface area contributed by atoms with E-state index in [2.05, 4.69) is 15.3 Å². The summed E-state index contributed by atoms with van der Waals surface area (Å²) in [7, 11) is 0. The van der Waals surface area contributed by atoms with Gasteiger partial charge in [-0.3, -0.25) is 4.79 Å². The number of aromatic amines is 1. The van der Waals surface area contributed by atoms with E-state index in [1.165, 1.54) is 0 Å². The first kappa shape index (κ1) is 11.1. The van der Waals surface area contributed by atoms with Gasteiger partial charge < -0.3 is 19.8 Å². The van der Waals surface area contributed by atoms with Crippen molar-refractivity contribution in [2.24, 2.45) is 0 Å². The number of carbonyl (C=O) groups is 1. The van der Waals surface area contributed by atoms with Crippen LogP contribution in [0.25, 0.3) is 0 Å². The fourth-order valence-corrected chi connectivity index (χ4v) is 1.49. The first-order valence-corrected chi connectivity index (χ1v) is 5.31. The van der Waals surface area contributed by atoms with Gasteiger partial charge in [-0.2, -0.15) is 0 Å². The Balaban J connectivity index is 1.67. The molecule has 1 aliphatic heterocycles. The van der Waals surface area contributed by atoms with Crippen molar-refractivity contribution in [2.45, 2.75) is 12.5 Å². The van der Waals surface area contributed by atoms with E-state index in [0.29, 0.717) is 32.8 Å². The maximum Gasteiger partial charge on any atom is 0.251 e. The number of nitrogens with zero attached hydrogens (tertiary/aromatic N) is 1. The fraction of sp³-hybridized carbons (Fsp3) is 0.600. The Hall–Kier alpha value is -1.40. The fourth-order valence-electron chi connectivity index (χ4n) is 1.49. The molecular weight excluding hydrogens is 210 g/mol. The Morgan fingerprint density at radius 1 is 1.62 bits per heavy atom. The van der Waals surface area contributed by atoms with Crippen LogP contribution in [-0.4, -0.2) is 48.3 Å². The van der Waals surface area contributed by atoms with Crippen LogP contribution in [-0.2, 0) is 20.7 Å². The lowest BCUT2D eigenvalue weighted by atomic mass is 10.3. The number of carbonyl (C=O) groups excluding carboxylic acids is 1. The third-order valence-electron chi connectivity index (χ3n) is 2.32. The second kappa shape index (κ2) is 5.62. The minimum absolute atomic E-state index is 0.119. The van der Waals surface area contributed by atoms with Gasteiger partial charge in [0.2, 0.25) is 0 Å². The number of H-pyrrole nitrogens is 1. The summed E-state index contributed by atoms with van der Waals surface area (Å²) in [5.41, 5.74) is 0. The van der Waals surface area contributed by atoms with Gasteiger partial charge in [-0.05, 0) is 0 Å². The lowest BCUT2D eigenvalue weighted by Gasteiger charge is -2.21. The molecule has 0 bridgehead atoms. The molecule has 2 N–H and O–H groups in total. The van der Waals surface area contributed by atoms with E-state index in [9.17, 15) is 4.79 Å². The first-order chi connectivity index (χ1) is 7.86. The number of aromatic nitrogens is 2. The van der Waals surface area contributed by atoms with Crippen molar-refractivity contribution in [1.29, 1.82) is 0 Å². The van der Waals surface area contributed by atoms with Gasteiger partial charge in [-0.25, -0.2) is 4.98 Å². The lowest BCUT2D eigenvalue weighted by Crippen LogP contribution is -2.43. The number of nitrogens with one attached hydrogen (secondary N) is 2. The summed E-state index contributed by atoms with van der Waals surface area (Å²) in [6.07, 6.45) is 3.67. The van der Waals surface area contributed by atoms with Crippen LogP contribution in [0.1, 0.15) is 5.82 Å². The minimum atomic E-state index is -0.467. The summed E-state index contributed by atoms with van der Waals surface area (Å²) < 4.78 is 10.4. The van der Waals surface area contributed by atoms with Gasteiger partial charge in [0.15, 0.2) is 6.10 Å². The van der Waals surface area contributed by atoms with Gasteiger partial charge in [-0.15, -0.1) is 0 Å². The van der Waals surface area contributed by atoms with Crippen molar-refractivity contribution in [1.82, 2.24) is 15.3 Å². The van der Waals surface area contributed by atoms with Crippen molar-refractivity contribution in [2.75, 3.05) is 26.4 Å². The van der Waals surface area contributed by atoms with Crippen LogP contribution in [0, 0.1) is 0 Å². The summed E-state index contributed by atoms with van der Waals surface area (Å²) in [6.45, 7) is 1.94. The Kier molecular flexibility index (Phi) is 3.90. The molecule has 1 unspecified atom stereocenters. The van der Waals surface area contributed by atoms with Crippen LogP contribution < -0.4 is 5.32 Å². The van der Waals surface area contributed by atoms with Crippen molar-refractivity contribution >= 4 is 5.91 Å². The molecule has 2 rings (SSSR count). The molecule has 1 aromatic rings. The van der Waals surface area contributed by atoms with Gasteiger partial charge in [0.05, 0.1) is 19.8 Å². The molecule has 1 aromatic heterocycles. The highest BCUT2D eigenvalue weighted by Crippen LogP contribution is 2.00. The predicted octanol–water partition coefficient (Wildman–Crippen LogP) is -0.516. The molecule has 1 fully saturated rings. The molecule has 6 nitrogen and oxygen atoms in total. The van der Waals surface area contributed by atoms with E-state index in [4.69, 9.17) is 9.47 Å². The van der Waals surface area contributed by atoms with Crippen LogP contribution in [0.15, 0.2) is 12.4 Å². The molecule has 2 heterocycles. The Morgan fingerprint density at radius 3 is 3.25 bits per heavy atom. The number of hydrogen-bond donors (Lipinski definition) is 2. The maximum absolute atomic E-state index is 11.6. The maximum atomic E-state index is 11.6. The molecule has 1 saturated heterocycles. The van der Waals surface area contributed by atoms with E-state index in [1.54, 1.807) is 12.4 Å². The second-order valence-corrected chi connectivity index (χ2v) is 3.51. The van der Waals surface area contributed by atoms with E-state index >= 15 is 0 Å². The lowest BCUT2D eigenvalue weighted by molar-refractivity contribution is -0.147. The van der Waals surface area contributed by atoms with E-state index in [1.807, 2.05) is 0 Å². The second-order valence-electron chi connectivity index (χ2n) is 3.51. The molecule has 88 valence electrons. The van der Waals surface area contributed by atoms with Crippen LogP contribution >= 0.6 is 0 Å². The largest absolute Gasteiger partial charge is 0.376 e. The third kappa shape index (κ3) is 3.04. The average molecular weight is 225 g/mol. The Bertz CT molecular complexity index is 320. The molecule has 0 aliphatic carbocycles. The quantitative estimate of drug-likeness (QED) is 0.723. The van der Waals surface area contributed by atoms with E-state index < -0.39 is 6.10 Å². The molecule has 0 radical (unpaired) electrons. The molecule has 0 aromatic carbocycles. The summed E-state index contributed by atoms with van der Waals surface area (Å²) in [6, 6.07) is 0. The van der Waals surface area contributed by atoms with Gasteiger partial charge >= 0.3 is 0 Å². The highest BCUT2D eigenvalue weighted by atomic mass is 16.6. The van der Waals surface area contributed by atoms with Crippen LogP contribution in [0.4, 0.5) is 0 Å². The average Bonchev–Trinajstić information content (AvgIpc) is 2.83. The smallest absolute Gasteiger partial charge is 0.251 e. The van der Waals surface area contributed by atoms with Crippen molar-refractivity contribution in [3.05, 3.63) is 18.2 Å². The summed E-state index contributed by atoms with van der Waals surface area (Å²) in [5, 5.41) is 2.79. The van der Waals surface area contributed by atoms with E-state index in [-0.39, 0.29) is 5.91 Å². The van der Waals surface area contributed by atoms with Gasteiger partial charge in [-0.1, -0.05) is 0 Å². The number of amides is 1. The SMILES string of the molecule is O=C(NCCc1ncc[nH]1)C1COCCO1. The highest BCUT2D eigenvalue weighted by molar-refractivity contribution is 5.80. The predicted molar refractivity (Wildman–Crippen MR) is 55.9 cm³/mol. The van der Waals surface area contributed by atoms with Crippen molar-refractivity contribution in [3.8, 4) is 0 Å². The molecule has 0 spiro atoms. The minimum Gasteiger partial charge on any atom is -0.376 e. The third-order valence-corrected chi connectivity index (χ3v) is 2.32. The molecule has 6 heteroatoms. The van der Waals surface area contributed by atoms with Crippen molar-refractivity contribution in [3.63, 3.8) is 0 Å². The summed E-state index contributed by atoms with van der Waals surface area (Å²) in [4.78, 5) is 18.6. The molecular formula is C10H15N3O3. The van der Waals surface area contributed by atoms with Gasteiger partial charge in [0.1, 0.15) is 5.82 Å². The molecule has 1 aliphatic rings. The molecule has 16 heavy (non-hydrogen) atoms. The van der Waals surface area contributed by atoms with Gasteiger partial charge in [0, 0.05) is 25.4 Å². The van der Waals surface area contributed by atoms with Crippen LogP contribution in [0.2, 0.25) is 0 Å². The summed E-state index contributed by atoms with van der Waals surface area (Å²) >= 11 is 0. The summed E-state index contributed by atoms with van der Waals surface area (Å²) in [5.74, 6) is 0.743. The van der Waals surface area contributed by atoms with Crippen molar-refractivity contribution < 1.29 is 14.3 Å². The topological polar surface area (TPSA) is 76.2 Å². The van der Waals surface area contributed by atoms with Gasteiger partial charge in [0.25, 0.3) is 5.91 Å². The molecule has 0 saturated carbocycles. The van der Waals surface area contributed by atoms with Crippen LogP contribution in [0.3, 0.4) is 0 Å². The zero-order valence-electron chi connectivity index (χ0n) is 8.94. The standard InChI is InChI=1S/C10H15N3O3/c14-10(8-7-15-5-6-16-8)13-2-1-9-11-3-4-12-9/h3-4,8H,1-2,5-7H2,(H,11,12)(H,13,14). The molecule has 1 atom stereocenters. The number of imidazole rings is 1. The number of ether oxygens (including phenoxy) is 2. The highest BCUT2D eigenvalue weighted by Gasteiger charge is 2.21.